The minimum atomic E-state index is -5.03. The van der Waals surface area contributed by atoms with Crippen LogP contribution in [0.25, 0.3) is 11.0 Å². The van der Waals surface area contributed by atoms with Crippen LogP contribution in [0.1, 0.15) is 35.0 Å². The second-order valence-electron chi connectivity index (χ2n) is 7.89. The lowest BCUT2D eigenvalue weighted by atomic mass is 10.2. The summed E-state index contributed by atoms with van der Waals surface area (Å²) in [5.41, 5.74) is -0.477. The van der Waals surface area contributed by atoms with Gasteiger partial charge in [-0.2, -0.15) is 13.2 Å². The number of alkyl halides is 3. The predicted molar refractivity (Wildman–Crippen MR) is 130 cm³/mol. The Morgan fingerprint density at radius 1 is 1.00 bits per heavy atom. The maximum absolute atomic E-state index is 13.8. The van der Waals surface area contributed by atoms with Gasteiger partial charge in [0.15, 0.2) is 0 Å². The highest BCUT2D eigenvalue weighted by atomic mass is 35.5. The molecule has 0 amide bonds. The number of carbonyl (C=O) groups is 1. The van der Waals surface area contributed by atoms with Crippen LogP contribution in [0.15, 0.2) is 75.9 Å². The van der Waals surface area contributed by atoms with E-state index in [1.165, 1.54) is 42.5 Å². The minimum absolute atomic E-state index is 0.0602. The van der Waals surface area contributed by atoms with Crippen molar-refractivity contribution in [3.8, 4) is 17.2 Å². The van der Waals surface area contributed by atoms with Crippen LogP contribution in [0, 0.1) is 0 Å². The Kier molecular flexibility index (Phi) is 7.73. The molecule has 4 rings (SSSR count). The van der Waals surface area contributed by atoms with Gasteiger partial charge >= 0.3 is 12.1 Å². The average Bonchev–Trinajstić information content (AvgIpc) is 2.88. The fraction of sp³-hybridized carbons (Fsp3) is 0.185. The molecule has 0 spiro atoms. The molecule has 0 radical (unpaired) electrons. The molecule has 0 aliphatic carbocycles. The van der Waals surface area contributed by atoms with Crippen LogP contribution >= 0.6 is 11.6 Å². The molecule has 0 aliphatic heterocycles. The lowest BCUT2D eigenvalue weighted by Gasteiger charge is -2.14. The van der Waals surface area contributed by atoms with Gasteiger partial charge in [0.05, 0.1) is 17.6 Å². The number of rotatable bonds is 8. The van der Waals surface area contributed by atoms with Crippen molar-refractivity contribution in [2.24, 2.45) is 0 Å². The normalized spacial score (nSPS) is 11.4. The number of hydrogen-bond acceptors (Lipinski definition) is 6. The van der Waals surface area contributed by atoms with E-state index < -0.39 is 29.1 Å². The molecule has 0 bridgehead atoms. The SMILES string of the molecule is CCCOC(=O)c1ccc(Oc2c(C(F)(F)F)oc3cc(OCc4ccccc4Cl)ccc3c2=O)cc1. The second kappa shape index (κ2) is 11.0. The van der Waals surface area contributed by atoms with E-state index in [1.807, 2.05) is 6.92 Å². The summed E-state index contributed by atoms with van der Waals surface area (Å²) in [6.45, 7) is 2.13. The van der Waals surface area contributed by atoms with Gasteiger partial charge < -0.3 is 18.6 Å². The number of hydrogen-bond donors (Lipinski definition) is 0. The Bertz CT molecular complexity index is 1480. The molecule has 6 nitrogen and oxygen atoms in total. The molecule has 10 heteroatoms. The van der Waals surface area contributed by atoms with Crippen molar-refractivity contribution >= 4 is 28.5 Å². The third-order valence-electron chi connectivity index (χ3n) is 5.18. The van der Waals surface area contributed by atoms with Crippen LogP contribution in [0.3, 0.4) is 0 Å². The molecule has 4 aromatic rings. The van der Waals surface area contributed by atoms with Crippen molar-refractivity contribution < 1.29 is 36.6 Å². The summed E-state index contributed by atoms with van der Waals surface area (Å²) in [6.07, 6.45) is -4.39. The van der Waals surface area contributed by atoms with E-state index >= 15 is 0 Å². The van der Waals surface area contributed by atoms with Crippen molar-refractivity contribution in [1.82, 2.24) is 0 Å². The molecule has 1 aromatic heterocycles. The molecule has 0 atom stereocenters. The molecule has 3 aromatic carbocycles. The van der Waals surface area contributed by atoms with E-state index in [9.17, 15) is 22.8 Å². The standard InChI is InChI=1S/C27H20ClF3O6/c1-2-13-34-26(33)16-7-9-18(10-8-16)36-24-23(32)20-12-11-19(14-22(20)37-25(24)27(29,30)31)35-15-17-5-3-4-6-21(17)28/h3-12,14H,2,13,15H2,1H3. The molecule has 1 heterocycles. The highest BCUT2D eigenvalue weighted by Gasteiger charge is 2.40. The highest BCUT2D eigenvalue weighted by Crippen LogP contribution is 2.38. The summed E-state index contributed by atoms with van der Waals surface area (Å²) in [5.74, 6) is -3.11. The number of fused-ring (bicyclic) bond motifs is 1. The Labute approximate surface area is 214 Å². The van der Waals surface area contributed by atoms with Gasteiger partial charge in [-0.1, -0.05) is 36.7 Å². The number of benzene rings is 3. The summed E-state index contributed by atoms with van der Waals surface area (Å²) in [6, 6.07) is 16.1. The molecular weight excluding hydrogens is 513 g/mol. The van der Waals surface area contributed by atoms with Crippen molar-refractivity contribution in [2.75, 3.05) is 6.61 Å². The molecule has 0 fully saturated rings. The van der Waals surface area contributed by atoms with Crippen LogP contribution in [0.5, 0.6) is 17.2 Å². The van der Waals surface area contributed by atoms with E-state index in [2.05, 4.69) is 0 Å². The van der Waals surface area contributed by atoms with Gasteiger partial charge in [0.2, 0.25) is 11.2 Å². The predicted octanol–water partition coefficient (Wildman–Crippen LogP) is 7.40. The van der Waals surface area contributed by atoms with Gasteiger partial charge in [0.25, 0.3) is 5.76 Å². The van der Waals surface area contributed by atoms with Gasteiger partial charge in [-0.05, 0) is 48.9 Å². The quantitative estimate of drug-likeness (QED) is 0.220. The molecule has 37 heavy (non-hydrogen) atoms. The third kappa shape index (κ3) is 6.06. The Balaban J connectivity index is 1.64. The molecule has 0 unspecified atom stereocenters. The summed E-state index contributed by atoms with van der Waals surface area (Å²) in [5, 5.41) is 0.342. The molecular formula is C27H20ClF3O6. The zero-order valence-corrected chi connectivity index (χ0v) is 20.2. The lowest BCUT2D eigenvalue weighted by Crippen LogP contribution is -2.15. The third-order valence-corrected chi connectivity index (χ3v) is 5.55. The zero-order valence-electron chi connectivity index (χ0n) is 19.4. The number of ether oxygens (including phenoxy) is 3. The van der Waals surface area contributed by atoms with Gasteiger partial charge in [-0.15, -0.1) is 0 Å². The first kappa shape index (κ1) is 26.1. The van der Waals surface area contributed by atoms with Crippen molar-refractivity contribution in [2.45, 2.75) is 26.1 Å². The first-order valence-corrected chi connectivity index (χ1v) is 11.5. The lowest BCUT2D eigenvalue weighted by molar-refractivity contribution is -0.154. The smallest absolute Gasteiger partial charge is 0.453 e. The number of carbonyl (C=O) groups excluding carboxylic acids is 1. The fourth-order valence-electron chi connectivity index (χ4n) is 3.36. The Hall–Kier alpha value is -3.98. The molecule has 0 aliphatic rings. The highest BCUT2D eigenvalue weighted by molar-refractivity contribution is 6.31. The first-order valence-electron chi connectivity index (χ1n) is 11.2. The monoisotopic (exact) mass is 532 g/mol. The van der Waals surface area contributed by atoms with Crippen LogP contribution in [0.2, 0.25) is 5.02 Å². The average molecular weight is 533 g/mol. The Morgan fingerprint density at radius 3 is 2.38 bits per heavy atom. The minimum Gasteiger partial charge on any atom is -0.489 e. The molecule has 0 N–H and O–H groups in total. The van der Waals surface area contributed by atoms with Crippen LogP contribution in [-0.4, -0.2) is 12.6 Å². The largest absolute Gasteiger partial charge is 0.489 e. The number of halogens is 4. The number of esters is 1. The van der Waals surface area contributed by atoms with Crippen LogP contribution in [-0.2, 0) is 17.5 Å². The van der Waals surface area contributed by atoms with Crippen LogP contribution in [0.4, 0.5) is 13.2 Å². The van der Waals surface area contributed by atoms with Crippen molar-refractivity contribution in [3.63, 3.8) is 0 Å². The summed E-state index contributed by atoms with van der Waals surface area (Å²) < 4.78 is 62.6. The summed E-state index contributed by atoms with van der Waals surface area (Å²) >= 11 is 6.10. The van der Waals surface area contributed by atoms with E-state index in [-0.39, 0.29) is 41.2 Å². The maximum Gasteiger partial charge on any atom is 0.453 e. The van der Waals surface area contributed by atoms with Gasteiger partial charge in [0.1, 0.15) is 23.7 Å². The van der Waals surface area contributed by atoms with E-state index in [1.54, 1.807) is 24.3 Å². The van der Waals surface area contributed by atoms with Gasteiger partial charge in [-0.25, -0.2) is 4.79 Å². The van der Waals surface area contributed by atoms with E-state index in [4.69, 9.17) is 30.2 Å². The maximum atomic E-state index is 13.8. The molecule has 0 saturated heterocycles. The van der Waals surface area contributed by atoms with E-state index in [0.29, 0.717) is 17.0 Å². The van der Waals surface area contributed by atoms with Crippen molar-refractivity contribution in [1.29, 1.82) is 0 Å². The van der Waals surface area contributed by atoms with E-state index in [0.717, 1.165) is 0 Å². The van der Waals surface area contributed by atoms with Crippen LogP contribution < -0.4 is 14.9 Å². The van der Waals surface area contributed by atoms with Gasteiger partial charge in [0, 0.05) is 16.7 Å². The molecule has 0 saturated carbocycles. The zero-order chi connectivity index (χ0) is 26.6. The summed E-state index contributed by atoms with van der Waals surface area (Å²) in [7, 11) is 0. The Morgan fingerprint density at radius 2 is 1.70 bits per heavy atom. The molecule has 192 valence electrons. The topological polar surface area (TPSA) is 75.0 Å². The van der Waals surface area contributed by atoms with Crippen molar-refractivity contribution in [3.05, 3.63) is 98.9 Å². The first-order chi connectivity index (χ1) is 17.7. The summed E-state index contributed by atoms with van der Waals surface area (Å²) in [4.78, 5) is 24.9. The fourth-order valence-corrected chi connectivity index (χ4v) is 3.55. The second-order valence-corrected chi connectivity index (χ2v) is 8.29. The van der Waals surface area contributed by atoms with Gasteiger partial charge in [-0.3, -0.25) is 4.79 Å².